The molecule has 8 nitrogen and oxygen atoms in total. The number of carboxylic acids is 1. The Morgan fingerprint density at radius 1 is 1.33 bits per heavy atom. The lowest BCUT2D eigenvalue weighted by molar-refractivity contribution is -0.144. The molecule has 1 saturated heterocycles. The first kappa shape index (κ1) is 24.3. The maximum Gasteiger partial charge on any atom is 0.330 e. The fourth-order valence-electron chi connectivity index (χ4n) is 5.06. The largest absolute Gasteiger partial charge is 0.497 e. The minimum Gasteiger partial charge on any atom is -0.497 e. The number of fused-ring (bicyclic) bond motifs is 1. The summed E-state index contributed by atoms with van der Waals surface area (Å²) in [6.07, 6.45) is 9.70. The maximum absolute atomic E-state index is 13.0. The van der Waals surface area contributed by atoms with Crippen LogP contribution in [0.2, 0.25) is 0 Å². The number of methoxy groups -OCH3 is 1. The second kappa shape index (κ2) is 9.59. The Kier molecular flexibility index (Phi) is 6.49. The topological polar surface area (TPSA) is 100 Å². The second-order valence-corrected chi connectivity index (χ2v) is 9.90. The Morgan fingerprint density at radius 3 is 2.78 bits per heavy atom. The first-order chi connectivity index (χ1) is 17.3. The zero-order valence-electron chi connectivity index (χ0n) is 19.8. The summed E-state index contributed by atoms with van der Waals surface area (Å²) in [4.78, 5) is 29.7. The summed E-state index contributed by atoms with van der Waals surface area (Å²) < 4.78 is 13.3. The van der Waals surface area contributed by atoms with E-state index in [0.717, 1.165) is 22.8 Å². The highest BCUT2D eigenvalue weighted by Crippen LogP contribution is 2.45. The van der Waals surface area contributed by atoms with E-state index in [1.54, 1.807) is 13.2 Å². The number of halogens is 1. The van der Waals surface area contributed by atoms with Gasteiger partial charge in [0, 0.05) is 18.4 Å². The molecule has 1 saturated carbocycles. The van der Waals surface area contributed by atoms with Crippen LogP contribution in [0.3, 0.4) is 0 Å². The van der Waals surface area contributed by atoms with Gasteiger partial charge in [0.2, 0.25) is 5.91 Å². The molecule has 2 fully saturated rings. The van der Waals surface area contributed by atoms with Gasteiger partial charge in [-0.05, 0) is 35.9 Å². The number of hydrogen-bond acceptors (Lipinski definition) is 6. The molecule has 6 atom stereocenters. The molecule has 4 aliphatic rings. The molecule has 5 rings (SSSR count). The molecule has 0 bridgehead atoms. The number of carbonyl (C=O) groups excluding carboxylic acids is 1. The number of allylic oxidation sites excluding steroid dienone is 2. The quantitative estimate of drug-likeness (QED) is 0.412. The lowest BCUT2D eigenvalue weighted by Gasteiger charge is -2.31. The third-order valence-corrected chi connectivity index (χ3v) is 7.58. The number of aliphatic carboxylic acids is 1. The van der Waals surface area contributed by atoms with Crippen molar-refractivity contribution in [1.29, 1.82) is 0 Å². The molecule has 0 spiro atoms. The molecular weight excluding hydrogens is 482 g/mol. The summed E-state index contributed by atoms with van der Waals surface area (Å²) in [5.74, 6) is -0.407. The number of dihydropyridines is 1. The van der Waals surface area contributed by atoms with Crippen LogP contribution in [-0.2, 0) is 19.1 Å². The summed E-state index contributed by atoms with van der Waals surface area (Å²) in [5, 5.41) is 12.3. The monoisotopic (exact) mass is 509 g/mol. The predicted octanol–water partition coefficient (Wildman–Crippen LogP) is 3.22. The maximum atomic E-state index is 13.0. The van der Waals surface area contributed by atoms with E-state index >= 15 is 0 Å². The van der Waals surface area contributed by atoms with Gasteiger partial charge in [0.25, 0.3) is 0 Å². The molecule has 2 N–H and O–H groups in total. The Morgan fingerprint density at radius 2 is 2.11 bits per heavy atom. The van der Waals surface area contributed by atoms with Crippen molar-refractivity contribution in [2.24, 2.45) is 16.8 Å². The minimum atomic E-state index is -1.30. The zero-order valence-corrected chi connectivity index (χ0v) is 20.6. The SMILES string of the molecule is C=CC1CC1(NC(=O)[C@@H]1C[C@@H](OC2=CC(c3ccccc3)=NC3C=C(OC)C=CC23)CN1Cl)C(=O)O. The van der Waals surface area contributed by atoms with Crippen molar-refractivity contribution >= 4 is 29.4 Å². The van der Waals surface area contributed by atoms with E-state index < -0.39 is 23.5 Å². The molecule has 1 aromatic rings. The fourth-order valence-corrected chi connectivity index (χ4v) is 5.38. The first-order valence-corrected chi connectivity index (χ1v) is 12.2. The summed E-state index contributed by atoms with van der Waals surface area (Å²) in [6, 6.07) is 8.97. The number of hydrogen-bond donors (Lipinski definition) is 2. The van der Waals surface area contributed by atoms with E-state index in [2.05, 4.69) is 11.9 Å². The van der Waals surface area contributed by atoms with Gasteiger partial charge in [0.05, 0.1) is 31.3 Å². The van der Waals surface area contributed by atoms with Crippen LogP contribution in [0.25, 0.3) is 0 Å². The van der Waals surface area contributed by atoms with E-state index in [1.807, 2.05) is 54.6 Å². The Balaban J connectivity index is 1.33. The van der Waals surface area contributed by atoms with Crippen LogP contribution in [-0.4, -0.2) is 64.5 Å². The van der Waals surface area contributed by atoms with Gasteiger partial charge in [-0.1, -0.05) is 42.5 Å². The molecule has 1 aromatic carbocycles. The molecule has 2 aliphatic carbocycles. The average Bonchev–Trinajstić information content (AvgIpc) is 3.49. The van der Waals surface area contributed by atoms with Gasteiger partial charge in [-0.15, -0.1) is 6.58 Å². The van der Waals surface area contributed by atoms with Crippen LogP contribution in [0.4, 0.5) is 0 Å². The van der Waals surface area contributed by atoms with E-state index in [4.69, 9.17) is 26.2 Å². The third-order valence-electron chi connectivity index (χ3n) is 7.21. The van der Waals surface area contributed by atoms with E-state index in [1.165, 1.54) is 4.42 Å². The van der Waals surface area contributed by atoms with Gasteiger partial charge in [0.15, 0.2) is 0 Å². The Hall–Kier alpha value is -3.36. The summed E-state index contributed by atoms with van der Waals surface area (Å²) in [5.41, 5.74) is 0.479. The molecule has 4 unspecified atom stereocenters. The summed E-state index contributed by atoms with van der Waals surface area (Å²) >= 11 is 6.43. The Bertz CT molecular complexity index is 1190. The first-order valence-electron chi connectivity index (χ1n) is 11.9. The van der Waals surface area contributed by atoms with Gasteiger partial charge in [-0.3, -0.25) is 9.79 Å². The standard InChI is InChI=1S/C27H28ClN3O5/c1-3-17-14-27(17,26(33)34)30-25(32)23-12-19(15-31(23)28)36-24-13-21(16-7-5-4-6-8-16)29-22-11-18(35-2)9-10-20(22)24/h3-11,13,17,19-20,22-23H,1,12,14-15H2,2H3,(H,30,32)(H,33,34)/t17?,19-,20?,22?,23+,27?/m1/s1. The number of carbonyl (C=O) groups is 2. The van der Waals surface area contributed by atoms with Crippen LogP contribution in [0.1, 0.15) is 18.4 Å². The highest BCUT2D eigenvalue weighted by molar-refractivity contribution is 6.15. The highest BCUT2D eigenvalue weighted by atomic mass is 35.5. The molecule has 2 aliphatic heterocycles. The number of ether oxygens (including phenoxy) is 2. The predicted molar refractivity (Wildman–Crippen MR) is 135 cm³/mol. The highest BCUT2D eigenvalue weighted by Gasteiger charge is 2.61. The van der Waals surface area contributed by atoms with Crippen molar-refractivity contribution in [3.8, 4) is 0 Å². The molecule has 9 heteroatoms. The van der Waals surface area contributed by atoms with Crippen LogP contribution < -0.4 is 5.32 Å². The van der Waals surface area contributed by atoms with Crippen molar-refractivity contribution in [3.63, 3.8) is 0 Å². The van der Waals surface area contributed by atoms with E-state index in [9.17, 15) is 14.7 Å². The van der Waals surface area contributed by atoms with Gasteiger partial charge in [0.1, 0.15) is 29.2 Å². The van der Waals surface area contributed by atoms with Gasteiger partial charge in [-0.25, -0.2) is 9.21 Å². The van der Waals surface area contributed by atoms with Crippen molar-refractivity contribution in [3.05, 3.63) is 84.4 Å². The molecule has 188 valence electrons. The number of nitrogens with one attached hydrogen (secondary N) is 1. The van der Waals surface area contributed by atoms with Crippen LogP contribution in [0.15, 0.2) is 83.8 Å². The van der Waals surface area contributed by atoms with Gasteiger partial charge in [-0.2, -0.15) is 0 Å². The average molecular weight is 510 g/mol. The number of amides is 1. The smallest absolute Gasteiger partial charge is 0.330 e. The Labute approximate surface area is 214 Å². The zero-order chi connectivity index (χ0) is 25.4. The molecular formula is C27H28ClN3O5. The number of benzene rings is 1. The lowest BCUT2D eigenvalue weighted by Crippen LogP contribution is -2.50. The van der Waals surface area contributed by atoms with Crippen molar-refractivity contribution < 1.29 is 24.2 Å². The molecule has 36 heavy (non-hydrogen) atoms. The second-order valence-electron chi connectivity index (χ2n) is 9.46. The molecule has 0 radical (unpaired) electrons. The number of carboxylic acid groups (broad SMARTS) is 1. The lowest BCUT2D eigenvalue weighted by atomic mass is 9.88. The third kappa shape index (κ3) is 4.47. The fraction of sp³-hybridized carbons (Fsp3) is 0.370. The van der Waals surface area contributed by atoms with E-state index in [0.29, 0.717) is 19.4 Å². The van der Waals surface area contributed by atoms with E-state index in [-0.39, 0.29) is 24.0 Å². The number of aliphatic imine (C=N–C) groups is 1. The molecule has 0 aromatic heterocycles. The normalized spacial score (nSPS) is 32.9. The number of rotatable bonds is 8. The van der Waals surface area contributed by atoms with Gasteiger partial charge < -0.3 is 19.9 Å². The van der Waals surface area contributed by atoms with Crippen LogP contribution in [0.5, 0.6) is 0 Å². The molecule has 1 amide bonds. The minimum absolute atomic E-state index is 0.108. The van der Waals surface area contributed by atoms with Crippen LogP contribution in [0, 0.1) is 11.8 Å². The van der Waals surface area contributed by atoms with Crippen molar-refractivity contribution in [2.75, 3.05) is 13.7 Å². The number of nitrogens with zero attached hydrogens (tertiary/aromatic N) is 2. The summed E-state index contributed by atoms with van der Waals surface area (Å²) in [7, 11) is 1.63. The molecule has 2 heterocycles. The van der Waals surface area contributed by atoms with Crippen LogP contribution >= 0.6 is 11.8 Å². The summed E-state index contributed by atoms with van der Waals surface area (Å²) in [6.45, 7) is 3.98. The van der Waals surface area contributed by atoms with Gasteiger partial charge >= 0.3 is 5.97 Å². The van der Waals surface area contributed by atoms with Crippen molar-refractivity contribution in [1.82, 2.24) is 9.74 Å². The van der Waals surface area contributed by atoms with Crippen molar-refractivity contribution in [2.45, 2.75) is 36.6 Å².